The molecule has 0 aromatic heterocycles. The van der Waals surface area contributed by atoms with Crippen molar-refractivity contribution in [1.29, 1.82) is 0 Å². The summed E-state index contributed by atoms with van der Waals surface area (Å²) in [5.41, 5.74) is 1.72. The standard InChI is InChI=1S/C18H18ClNO3S/c1-12-4-3-5-15(10-12)20-17(21)11-23-18(22)13(2)24-16-8-6-14(19)7-9-16/h3-10,13H,11H2,1-2H3,(H,20,21)/t13-/m1/s1. The largest absolute Gasteiger partial charge is 0.455 e. The van der Waals surface area contributed by atoms with Crippen LogP contribution in [-0.4, -0.2) is 23.7 Å². The lowest BCUT2D eigenvalue weighted by molar-refractivity contribution is -0.146. The number of carbonyl (C=O) groups excluding carboxylic acids is 2. The molecule has 0 heterocycles. The van der Waals surface area contributed by atoms with Crippen LogP contribution in [0.1, 0.15) is 12.5 Å². The summed E-state index contributed by atoms with van der Waals surface area (Å²) in [6.07, 6.45) is 0. The maximum Gasteiger partial charge on any atom is 0.319 e. The Morgan fingerprint density at radius 2 is 1.92 bits per heavy atom. The Bertz CT molecular complexity index is 718. The first-order chi connectivity index (χ1) is 11.4. The lowest BCUT2D eigenvalue weighted by Gasteiger charge is -2.11. The van der Waals surface area contributed by atoms with Gasteiger partial charge >= 0.3 is 5.97 Å². The summed E-state index contributed by atoms with van der Waals surface area (Å²) in [7, 11) is 0. The topological polar surface area (TPSA) is 55.4 Å². The smallest absolute Gasteiger partial charge is 0.319 e. The first-order valence-electron chi connectivity index (χ1n) is 7.39. The average molecular weight is 364 g/mol. The van der Waals surface area contributed by atoms with Crippen LogP contribution in [-0.2, 0) is 14.3 Å². The van der Waals surface area contributed by atoms with Gasteiger partial charge in [0.25, 0.3) is 5.91 Å². The fourth-order valence-electron chi connectivity index (χ4n) is 1.94. The third-order valence-corrected chi connectivity index (χ3v) is 4.45. The Kier molecular flexibility index (Phi) is 6.70. The van der Waals surface area contributed by atoms with E-state index in [1.165, 1.54) is 11.8 Å². The molecule has 0 aliphatic carbocycles. The zero-order chi connectivity index (χ0) is 17.5. The van der Waals surface area contributed by atoms with Gasteiger partial charge in [0, 0.05) is 15.6 Å². The number of thioether (sulfide) groups is 1. The van der Waals surface area contributed by atoms with E-state index in [0.717, 1.165) is 10.5 Å². The molecule has 0 fully saturated rings. The molecule has 2 aromatic carbocycles. The van der Waals surface area contributed by atoms with E-state index in [1.807, 2.05) is 37.3 Å². The molecule has 0 spiro atoms. The third kappa shape index (κ3) is 5.91. The van der Waals surface area contributed by atoms with E-state index in [9.17, 15) is 9.59 Å². The van der Waals surface area contributed by atoms with Crippen molar-refractivity contribution in [3.63, 3.8) is 0 Å². The maximum atomic E-state index is 12.0. The van der Waals surface area contributed by atoms with Crippen molar-refractivity contribution < 1.29 is 14.3 Å². The molecular weight excluding hydrogens is 346 g/mol. The molecule has 24 heavy (non-hydrogen) atoms. The third-order valence-electron chi connectivity index (χ3n) is 3.11. The van der Waals surface area contributed by atoms with E-state index >= 15 is 0 Å². The van der Waals surface area contributed by atoms with Crippen molar-refractivity contribution in [2.24, 2.45) is 0 Å². The molecule has 2 rings (SSSR count). The van der Waals surface area contributed by atoms with Crippen LogP contribution in [0.4, 0.5) is 5.69 Å². The minimum atomic E-state index is -0.436. The van der Waals surface area contributed by atoms with Gasteiger partial charge in [0.2, 0.25) is 0 Å². The predicted octanol–water partition coefficient (Wildman–Crippen LogP) is 4.31. The molecule has 0 aliphatic heterocycles. The number of halogens is 1. The van der Waals surface area contributed by atoms with Crippen LogP contribution in [0, 0.1) is 6.92 Å². The number of amides is 1. The van der Waals surface area contributed by atoms with Gasteiger partial charge in [-0.25, -0.2) is 0 Å². The highest BCUT2D eigenvalue weighted by Crippen LogP contribution is 2.25. The second-order valence-corrected chi connectivity index (χ2v) is 7.09. The van der Waals surface area contributed by atoms with Crippen molar-refractivity contribution in [3.05, 3.63) is 59.1 Å². The molecule has 1 amide bonds. The lowest BCUT2D eigenvalue weighted by atomic mass is 10.2. The first kappa shape index (κ1) is 18.4. The van der Waals surface area contributed by atoms with Gasteiger partial charge in [-0.1, -0.05) is 23.7 Å². The molecule has 0 saturated heterocycles. The fourth-order valence-corrected chi connectivity index (χ4v) is 2.93. The highest BCUT2D eigenvalue weighted by molar-refractivity contribution is 8.00. The number of esters is 1. The molecule has 0 bridgehead atoms. The number of hydrogen-bond acceptors (Lipinski definition) is 4. The van der Waals surface area contributed by atoms with Crippen LogP contribution in [0.15, 0.2) is 53.4 Å². The molecule has 0 unspecified atom stereocenters. The zero-order valence-corrected chi connectivity index (χ0v) is 15.0. The fraction of sp³-hybridized carbons (Fsp3) is 0.222. The van der Waals surface area contributed by atoms with E-state index in [4.69, 9.17) is 16.3 Å². The quantitative estimate of drug-likeness (QED) is 0.613. The van der Waals surface area contributed by atoms with E-state index in [2.05, 4.69) is 5.32 Å². The van der Waals surface area contributed by atoms with Gasteiger partial charge in [-0.3, -0.25) is 9.59 Å². The Morgan fingerprint density at radius 1 is 1.21 bits per heavy atom. The minimum absolute atomic E-state index is 0.307. The van der Waals surface area contributed by atoms with E-state index in [1.54, 1.807) is 25.1 Å². The molecule has 4 nitrogen and oxygen atoms in total. The van der Waals surface area contributed by atoms with Crippen LogP contribution >= 0.6 is 23.4 Å². The summed E-state index contributed by atoms with van der Waals surface area (Å²) < 4.78 is 5.07. The van der Waals surface area contributed by atoms with E-state index < -0.39 is 11.2 Å². The number of nitrogens with one attached hydrogen (secondary N) is 1. The zero-order valence-electron chi connectivity index (χ0n) is 13.4. The molecule has 0 saturated carbocycles. The highest BCUT2D eigenvalue weighted by Gasteiger charge is 2.17. The van der Waals surface area contributed by atoms with Gasteiger partial charge in [0.15, 0.2) is 6.61 Å². The predicted molar refractivity (Wildman–Crippen MR) is 97.5 cm³/mol. The molecule has 0 aliphatic rings. The molecule has 1 N–H and O–H groups in total. The van der Waals surface area contributed by atoms with Crippen molar-refractivity contribution in [1.82, 2.24) is 0 Å². The van der Waals surface area contributed by atoms with E-state index in [-0.39, 0.29) is 12.5 Å². The van der Waals surface area contributed by atoms with Crippen LogP contribution in [0.3, 0.4) is 0 Å². The second-order valence-electron chi connectivity index (χ2n) is 5.24. The first-order valence-corrected chi connectivity index (χ1v) is 8.65. The van der Waals surface area contributed by atoms with Crippen molar-refractivity contribution in [2.75, 3.05) is 11.9 Å². The molecule has 1 atom stereocenters. The Morgan fingerprint density at radius 3 is 2.58 bits per heavy atom. The molecule has 0 radical (unpaired) electrons. The Balaban J connectivity index is 1.79. The van der Waals surface area contributed by atoms with E-state index in [0.29, 0.717) is 10.7 Å². The summed E-state index contributed by atoms with van der Waals surface area (Å²) >= 11 is 7.18. The maximum absolute atomic E-state index is 12.0. The monoisotopic (exact) mass is 363 g/mol. The van der Waals surface area contributed by atoms with Crippen molar-refractivity contribution in [2.45, 2.75) is 24.0 Å². The second kappa shape index (κ2) is 8.76. The van der Waals surface area contributed by atoms with Gasteiger partial charge in [-0.2, -0.15) is 0 Å². The Hall–Kier alpha value is -1.98. The number of ether oxygens (including phenoxy) is 1. The van der Waals surface area contributed by atoms with Crippen LogP contribution < -0.4 is 5.32 Å². The summed E-state index contributed by atoms with van der Waals surface area (Å²) in [6.45, 7) is 3.36. The van der Waals surface area contributed by atoms with Crippen LogP contribution in [0.5, 0.6) is 0 Å². The van der Waals surface area contributed by atoms with Gasteiger partial charge in [-0.05, 0) is 55.8 Å². The normalized spacial score (nSPS) is 11.6. The number of aryl methyl sites for hydroxylation is 1. The average Bonchev–Trinajstić information content (AvgIpc) is 2.54. The number of anilines is 1. The van der Waals surface area contributed by atoms with Gasteiger partial charge < -0.3 is 10.1 Å². The summed E-state index contributed by atoms with van der Waals surface area (Å²) in [4.78, 5) is 24.7. The van der Waals surface area contributed by atoms with Crippen LogP contribution in [0.2, 0.25) is 5.02 Å². The number of rotatable bonds is 6. The number of benzene rings is 2. The SMILES string of the molecule is Cc1cccc(NC(=O)COC(=O)[C@@H](C)Sc2ccc(Cl)cc2)c1. The number of hydrogen-bond donors (Lipinski definition) is 1. The summed E-state index contributed by atoms with van der Waals surface area (Å²) in [5.74, 6) is -0.799. The van der Waals surface area contributed by atoms with Gasteiger partial charge in [0.05, 0.1) is 0 Å². The Labute approximate surface area is 150 Å². The lowest BCUT2D eigenvalue weighted by Crippen LogP contribution is -2.24. The number of carbonyl (C=O) groups is 2. The molecule has 126 valence electrons. The van der Waals surface area contributed by atoms with Gasteiger partial charge in [-0.15, -0.1) is 11.8 Å². The molecule has 2 aromatic rings. The summed E-state index contributed by atoms with van der Waals surface area (Å²) in [6, 6.07) is 14.6. The molecular formula is C18H18ClNO3S. The minimum Gasteiger partial charge on any atom is -0.455 e. The van der Waals surface area contributed by atoms with Crippen LogP contribution in [0.25, 0.3) is 0 Å². The van der Waals surface area contributed by atoms with Gasteiger partial charge in [0.1, 0.15) is 5.25 Å². The van der Waals surface area contributed by atoms with Crippen molar-refractivity contribution >= 4 is 40.9 Å². The van der Waals surface area contributed by atoms with Crippen molar-refractivity contribution in [3.8, 4) is 0 Å². The molecule has 6 heteroatoms. The highest BCUT2D eigenvalue weighted by atomic mass is 35.5. The summed E-state index contributed by atoms with van der Waals surface area (Å²) in [5, 5.41) is 2.92.